The molecule has 0 amide bonds. The van der Waals surface area contributed by atoms with E-state index < -0.39 is 5.60 Å². The quantitative estimate of drug-likeness (QED) is 0.894. The van der Waals surface area contributed by atoms with Crippen LogP contribution in [-0.2, 0) is 5.60 Å². The predicted molar refractivity (Wildman–Crippen MR) is 78.6 cm³/mol. The Hall–Kier alpha value is -1.39. The molecule has 1 unspecified atom stereocenters. The molecule has 0 aliphatic rings. The second-order valence-corrected chi connectivity index (χ2v) is 5.47. The van der Waals surface area contributed by atoms with Crippen molar-refractivity contribution >= 4 is 21.6 Å². The molecule has 0 radical (unpaired) electrons. The predicted octanol–water partition coefficient (Wildman–Crippen LogP) is 3.91. The van der Waals surface area contributed by atoms with E-state index in [2.05, 4.69) is 21.2 Å². The van der Waals surface area contributed by atoms with Crippen LogP contribution in [0.3, 0.4) is 0 Å². The normalized spacial score (nSPS) is 13.9. The van der Waals surface area contributed by atoms with Crippen molar-refractivity contribution in [2.24, 2.45) is 0 Å². The lowest BCUT2D eigenvalue weighted by Gasteiger charge is -2.25. The Bertz CT molecular complexity index is 557. The van der Waals surface area contributed by atoms with Gasteiger partial charge in [-0.3, -0.25) is 0 Å². The monoisotopic (exact) mass is 323 g/mol. The van der Waals surface area contributed by atoms with Gasteiger partial charge in [-0.1, -0.05) is 30.3 Å². The second-order valence-electron chi connectivity index (χ2n) is 4.62. The lowest BCUT2D eigenvalue weighted by atomic mass is 9.96. The van der Waals surface area contributed by atoms with Crippen molar-refractivity contribution in [1.82, 2.24) is 0 Å². The molecule has 2 nitrogen and oxygen atoms in total. The fraction of sp³-hybridized carbons (Fsp3) is 0.200. The average molecular weight is 324 g/mol. The Morgan fingerprint density at radius 3 is 2.53 bits per heavy atom. The molecule has 2 rings (SSSR count). The first-order chi connectivity index (χ1) is 8.99. The van der Waals surface area contributed by atoms with Gasteiger partial charge in [0.05, 0.1) is 0 Å². The molecule has 0 spiro atoms. The first-order valence-electron chi connectivity index (χ1n) is 5.96. The summed E-state index contributed by atoms with van der Waals surface area (Å²) in [6.45, 7) is 2.08. The smallest absolute Gasteiger partial charge is 0.124 e. The van der Waals surface area contributed by atoms with Crippen LogP contribution in [0.4, 0.5) is 10.1 Å². The molecule has 0 aliphatic heterocycles. The molecule has 2 N–H and O–H groups in total. The minimum absolute atomic E-state index is 0.299. The number of hydrogen-bond acceptors (Lipinski definition) is 2. The zero-order chi connectivity index (χ0) is 13.9. The van der Waals surface area contributed by atoms with Crippen LogP contribution in [-0.4, -0.2) is 11.7 Å². The van der Waals surface area contributed by atoms with Crippen LogP contribution in [0.2, 0.25) is 0 Å². The number of aliphatic hydroxyl groups is 1. The number of benzene rings is 2. The number of halogens is 2. The highest BCUT2D eigenvalue weighted by Gasteiger charge is 2.22. The van der Waals surface area contributed by atoms with Gasteiger partial charge in [-0.05, 0) is 46.6 Å². The molecule has 4 heteroatoms. The molecular formula is C15H15BrFNO. The summed E-state index contributed by atoms with van der Waals surface area (Å²) in [7, 11) is 0. The molecular weight excluding hydrogens is 309 g/mol. The molecule has 0 bridgehead atoms. The molecule has 0 saturated carbocycles. The fourth-order valence-corrected chi connectivity index (χ4v) is 2.29. The number of hydrogen-bond donors (Lipinski definition) is 2. The van der Waals surface area contributed by atoms with Crippen LogP contribution in [0.25, 0.3) is 0 Å². The number of anilines is 1. The summed E-state index contributed by atoms with van der Waals surface area (Å²) in [4.78, 5) is 0. The van der Waals surface area contributed by atoms with Crippen LogP contribution in [0.5, 0.6) is 0 Å². The zero-order valence-electron chi connectivity index (χ0n) is 10.5. The molecule has 2 aromatic rings. The van der Waals surface area contributed by atoms with Crippen LogP contribution in [0.15, 0.2) is 53.0 Å². The summed E-state index contributed by atoms with van der Waals surface area (Å²) >= 11 is 3.29. The second kappa shape index (κ2) is 5.72. The maximum Gasteiger partial charge on any atom is 0.124 e. The van der Waals surface area contributed by atoms with Gasteiger partial charge in [0, 0.05) is 16.7 Å². The van der Waals surface area contributed by atoms with Crippen molar-refractivity contribution in [3.8, 4) is 0 Å². The van der Waals surface area contributed by atoms with Gasteiger partial charge in [-0.25, -0.2) is 4.39 Å². The van der Waals surface area contributed by atoms with Crippen molar-refractivity contribution in [2.75, 3.05) is 11.9 Å². The summed E-state index contributed by atoms with van der Waals surface area (Å²) in [6.07, 6.45) is 0. The summed E-state index contributed by atoms with van der Waals surface area (Å²) in [5, 5.41) is 13.6. The standard InChI is InChI=1S/C15H15BrFNO/c1-15(19,11-5-3-2-4-6-11)10-18-14-8-7-12(17)9-13(14)16/h2-9,18-19H,10H2,1H3. The van der Waals surface area contributed by atoms with E-state index in [0.717, 1.165) is 11.3 Å². The van der Waals surface area contributed by atoms with Gasteiger partial charge in [0.1, 0.15) is 11.4 Å². The van der Waals surface area contributed by atoms with Gasteiger partial charge in [-0.2, -0.15) is 0 Å². The van der Waals surface area contributed by atoms with E-state index in [0.29, 0.717) is 11.0 Å². The minimum Gasteiger partial charge on any atom is -0.384 e. The Morgan fingerprint density at radius 2 is 1.89 bits per heavy atom. The van der Waals surface area contributed by atoms with Gasteiger partial charge in [0.2, 0.25) is 0 Å². The Balaban J connectivity index is 2.09. The highest BCUT2D eigenvalue weighted by atomic mass is 79.9. The first kappa shape index (κ1) is 14.0. The van der Waals surface area contributed by atoms with E-state index in [4.69, 9.17) is 0 Å². The molecule has 2 aromatic carbocycles. The molecule has 100 valence electrons. The minimum atomic E-state index is -0.991. The van der Waals surface area contributed by atoms with Gasteiger partial charge in [0.15, 0.2) is 0 Å². The molecule has 0 heterocycles. The summed E-state index contributed by atoms with van der Waals surface area (Å²) in [6, 6.07) is 13.8. The van der Waals surface area contributed by atoms with Gasteiger partial charge >= 0.3 is 0 Å². The van der Waals surface area contributed by atoms with E-state index in [-0.39, 0.29) is 5.82 Å². The van der Waals surface area contributed by atoms with Gasteiger partial charge in [-0.15, -0.1) is 0 Å². The number of rotatable bonds is 4. The Kier molecular flexibility index (Phi) is 4.22. The van der Waals surface area contributed by atoms with Crippen molar-refractivity contribution in [1.29, 1.82) is 0 Å². The van der Waals surface area contributed by atoms with Crippen LogP contribution in [0.1, 0.15) is 12.5 Å². The van der Waals surface area contributed by atoms with E-state index >= 15 is 0 Å². The maximum absolute atomic E-state index is 13.0. The lowest BCUT2D eigenvalue weighted by Crippen LogP contribution is -2.30. The van der Waals surface area contributed by atoms with E-state index in [1.807, 2.05) is 30.3 Å². The van der Waals surface area contributed by atoms with Crippen LogP contribution < -0.4 is 5.32 Å². The molecule has 0 fully saturated rings. The van der Waals surface area contributed by atoms with E-state index in [1.165, 1.54) is 12.1 Å². The summed E-state index contributed by atoms with van der Waals surface area (Å²) in [5.41, 5.74) is 0.591. The van der Waals surface area contributed by atoms with Crippen molar-refractivity contribution in [3.63, 3.8) is 0 Å². The average Bonchev–Trinajstić information content (AvgIpc) is 2.39. The van der Waals surface area contributed by atoms with Crippen molar-refractivity contribution < 1.29 is 9.50 Å². The molecule has 19 heavy (non-hydrogen) atoms. The van der Waals surface area contributed by atoms with Crippen LogP contribution >= 0.6 is 15.9 Å². The largest absolute Gasteiger partial charge is 0.384 e. The van der Waals surface area contributed by atoms with Gasteiger partial charge < -0.3 is 10.4 Å². The van der Waals surface area contributed by atoms with Crippen LogP contribution in [0, 0.1) is 5.82 Å². The highest BCUT2D eigenvalue weighted by molar-refractivity contribution is 9.10. The molecule has 0 aromatic heterocycles. The fourth-order valence-electron chi connectivity index (χ4n) is 1.80. The summed E-state index contributed by atoms with van der Waals surface area (Å²) in [5.74, 6) is -0.299. The Morgan fingerprint density at radius 1 is 1.21 bits per heavy atom. The zero-order valence-corrected chi connectivity index (χ0v) is 12.1. The lowest BCUT2D eigenvalue weighted by molar-refractivity contribution is 0.0715. The first-order valence-corrected chi connectivity index (χ1v) is 6.75. The van der Waals surface area contributed by atoms with Gasteiger partial charge in [0.25, 0.3) is 0 Å². The molecule has 0 aliphatic carbocycles. The SMILES string of the molecule is CC(O)(CNc1ccc(F)cc1Br)c1ccccc1. The third-order valence-corrected chi connectivity index (χ3v) is 3.61. The summed E-state index contributed by atoms with van der Waals surface area (Å²) < 4.78 is 13.6. The third kappa shape index (κ3) is 3.55. The van der Waals surface area contributed by atoms with E-state index in [9.17, 15) is 9.50 Å². The molecule has 1 atom stereocenters. The van der Waals surface area contributed by atoms with E-state index in [1.54, 1.807) is 13.0 Å². The van der Waals surface area contributed by atoms with Crippen molar-refractivity contribution in [2.45, 2.75) is 12.5 Å². The third-order valence-electron chi connectivity index (χ3n) is 2.95. The topological polar surface area (TPSA) is 32.3 Å². The highest BCUT2D eigenvalue weighted by Crippen LogP contribution is 2.26. The Labute approximate surface area is 120 Å². The maximum atomic E-state index is 13.0. The molecule has 0 saturated heterocycles. The number of nitrogens with one attached hydrogen (secondary N) is 1. The van der Waals surface area contributed by atoms with Crippen molar-refractivity contribution in [3.05, 3.63) is 64.4 Å².